The monoisotopic (exact) mass is 428 g/mol. The molecule has 4 aromatic rings. The summed E-state index contributed by atoms with van der Waals surface area (Å²) in [5, 5.41) is 4.87. The number of thioether (sulfide) groups is 1. The highest BCUT2D eigenvalue weighted by Crippen LogP contribution is 2.36. The van der Waals surface area contributed by atoms with Gasteiger partial charge in [-0.1, -0.05) is 35.5 Å². The van der Waals surface area contributed by atoms with Crippen LogP contribution in [0.15, 0.2) is 47.8 Å². The summed E-state index contributed by atoms with van der Waals surface area (Å²) >= 11 is 7.41. The predicted octanol–water partition coefficient (Wildman–Crippen LogP) is 4.51. The van der Waals surface area contributed by atoms with Crippen LogP contribution in [0.1, 0.15) is 0 Å². The summed E-state index contributed by atoms with van der Waals surface area (Å²) in [6.45, 7) is 0. The van der Waals surface area contributed by atoms with Crippen molar-refractivity contribution in [1.29, 1.82) is 0 Å². The number of H-pyrrole nitrogens is 1. The smallest absolute Gasteiger partial charge is 0.234 e. The molecular formula is C20H17ClN4O3S. The Kier molecular flexibility index (Phi) is 5.46. The summed E-state index contributed by atoms with van der Waals surface area (Å²) in [5.74, 6) is 1.24. The number of carbonyl (C=O) groups excluding carboxylic acids is 1. The van der Waals surface area contributed by atoms with Crippen LogP contribution in [0, 0.1) is 0 Å². The Morgan fingerprint density at radius 1 is 1.17 bits per heavy atom. The zero-order valence-electron chi connectivity index (χ0n) is 15.7. The fraction of sp³-hybridized carbons (Fsp3) is 0.150. The molecule has 0 bridgehead atoms. The number of benzene rings is 2. The number of aromatic nitrogens is 3. The lowest BCUT2D eigenvalue weighted by Gasteiger charge is -2.07. The second-order valence-electron chi connectivity index (χ2n) is 6.10. The first kappa shape index (κ1) is 19.4. The predicted molar refractivity (Wildman–Crippen MR) is 115 cm³/mol. The Labute approximate surface area is 175 Å². The molecule has 2 N–H and O–H groups in total. The van der Waals surface area contributed by atoms with Crippen molar-refractivity contribution in [2.75, 3.05) is 25.3 Å². The molecule has 9 heteroatoms. The molecule has 0 aliphatic carbocycles. The average Bonchev–Trinajstić information content (AvgIpc) is 3.11. The summed E-state index contributed by atoms with van der Waals surface area (Å²) in [5.41, 5.74) is 2.94. The van der Waals surface area contributed by atoms with Gasteiger partial charge in [0, 0.05) is 11.5 Å². The van der Waals surface area contributed by atoms with Gasteiger partial charge < -0.3 is 19.8 Å². The molecule has 0 saturated carbocycles. The van der Waals surface area contributed by atoms with Crippen molar-refractivity contribution in [2.24, 2.45) is 0 Å². The maximum Gasteiger partial charge on any atom is 0.234 e. The van der Waals surface area contributed by atoms with Crippen molar-refractivity contribution in [3.05, 3.63) is 47.7 Å². The number of nitrogens with zero attached hydrogens (tertiary/aromatic N) is 2. The SMILES string of the molecule is COc1cc2[nH]c3c(SCC(=O)Nc4ccccc4Cl)ncnc3c2cc1OC. The first-order valence-electron chi connectivity index (χ1n) is 8.66. The third-order valence-corrected chi connectivity index (χ3v) is 5.66. The Bertz CT molecular complexity index is 1210. The normalized spacial score (nSPS) is 11.0. The number of anilines is 1. The molecule has 0 atom stereocenters. The fourth-order valence-corrected chi connectivity index (χ4v) is 3.93. The molecule has 0 spiro atoms. The van der Waals surface area contributed by atoms with Gasteiger partial charge in [-0.3, -0.25) is 4.79 Å². The molecule has 29 heavy (non-hydrogen) atoms. The third-order valence-electron chi connectivity index (χ3n) is 4.34. The van der Waals surface area contributed by atoms with Crippen molar-refractivity contribution in [3.63, 3.8) is 0 Å². The number of halogens is 1. The van der Waals surface area contributed by atoms with Gasteiger partial charge in [-0.05, 0) is 18.2 Å². The van der Waals surface area contributed by atoms with E-state index in [1.807, 2.05) is 24.3 Å². The number of ether oxygens (including phenoxy) is 2. The van der Waals surface area contributed by atoms with Crippen molar-refractivity contribution in [2.45, 2.75) is 5.03 Å². The first-order valence-corrected chi connectivity index (χ1v) is 10.0. The van der Waals surface area contributed by atoms with Gasteiger partial charge in [0.2, 0.25) is 5.91 Å². The molecule has 0 unspecified atom stereocenters. The maximum atomic E-state index is 12.3. The van der Waals surface area contributed by atoms with Gasteiger partial charge >= 0.3 is 0 Å². The summed E-state index contributed by atoms with van der Waals surface area (Å²) in [7, 11) is 3.18. The van der Waals surface area contributed by atoms with Gasteiger partial charge in [0.1, 0.15) is 16.9 Å². The lowest BCUT2D eigenvalue weighted by Crippen LogP contribution is -2.14. The van der Waals surface area contributed by atoms with Crippen LogP contribution in [-0.2, 0) is 4.79 Å². The summed E-state index contributed by atoms with van der Waals surface area (Å²) in [4.78, 5) is 24.4. The van der Waals surface area contributed by atoms with Crippen LogP contribution >= 0.6 is 23.4 Å². The first-order chi connectivity index (χ1) is 14.1. The molecule has 7 nitrogen and oxygen atoms in total. The van der Waals surface area contributed by atoms with E-state index in [9.17, 15) is 4.79 Å². The molecule has 148 valence electrons. The maximum absolute atomic E-state index is 12.3. The van der Waals surface area contributed by atoms with Crippen molar-refractivity contribution in [3.8, 4) is 11.5 Å². The topological polar surface area (TPSA) is 89.1 Å². The van der Waals surface area contributed by atoms with Gasteiger partial charge in [0.15, 0.2) is 11.5 Å². The molecule has 4 rings (SSSR count). The van der Waals surface area contributed by atoms with E-state index in [-0.39, 0.29) is 11.7 Å². The number of para-hydroxylation sites is 1. The number of amides is 1. The summed E-state index contributed by atoms with van der Waals surface area (Å²) in [6, 6.07) is 10.8. The van der Waals surface area contributed by atoms with Crippen LogP contribution in [0.2, 0.25) is 5.02 Å². The average molecular weight is 429 g/mol. The van der Waals surface area contributed by atoms with E-state index < -0.39 is 0 Å². The lowest BCUT2D eigenvalue weighted by atomic mass is 10.2. The number of hydrogen-bond donors (Lipinski definition) is 2. The highest BCUT2D eigenvalue weighted by molar-refractivity contribution is 8.00. The minimum atomic E-state index is -0.172. The second-order valence-corrected chi connectivity index (χ2v) is 7.47. The van der Waals surface area contributed by atoms with Crippen molar-refractivity contribution < 1.29 is 14.3 Å². The molecule has 2 aromatic heterocycles. The lowest BCUT2D eigenvalue weighted by molar-refractivity contribution is -0.113. The fourth-order valence-electron chi connectivity index (χ4n) is 2.99. The van der Waals surface area contributed by atoms with Crippen LogP contribution in [0.3, 0.4) is 0 Å². The molecule has 0 aliphatic heterocycles. The number of fused-ring (bicyclic) bond motifs is 3. The van der Waals surface area contributed by atoms with Crippen molar-refractivity contribution in [1.82, 2.24) is 15.0 Å². The van der Waals surface area contributed by atoms with Gasteiger partial charge in [0.05, 0.1) is 41.7 Å². The minimum Gasteiger partial charge on any atom is -0.493 e. The third kappa shape index (κ3) is 3.81. The number of rotatable bonds is 6. The molecule has 0 fully saturated rings. The number of nitrogens with one attached hydrogen (secondary N) is 2. The van der Waals surface area contributed by atoms with Crippen LogP contribution in [0.5, 0.6) is 11.5 Å². The number of aromatic amines is 1. The zero-order chi connectivity index (χ0) is 20.4. The standard InChI is InChI=1S/C20H17ClN4O3S/c1-27-15-7-11-14(8-16(15)28-2)25-19-18(11)22-10-23-20(19)29-9-17(26)24-13-6-4-3-5-12(13)21/h3-8,10,25H,9H2,1-2H3,(H,24,26). The van der Waals surface area contributed by atoms with E-state index in [1.54, 1.807) is 26.4 Å². The van der Waals surface area contributed by atoms with E-state index in [0.717, 1.165) is 21.9 Å². The van der Waals surface area contributed by atoms with E-state index in [0.29, 0.717) is 27.2 Å². The number of hydrogen-bond acceptors (Lipinski definition) is 6. The van der Waals surface area contributed by atoms with E-state index in [4.69, 9.17) is 21.1 Å². The summed E-state index contributed by atoms with van der Waals surface area (Å²) in [6.07, 6.45) is 1.49. The molecule has 0 saturated heterocycles. The molecule has 2 aromatic carbocycles. The van der Waals surface area contributed by atoms with Gasteiger partial charge in [0.25, 0.3) is 0 Å². The van der Waals surface area contributed by atoms with Gasteiger partial charge in [-0.15, -0.1) is 0 Å². The van der Waals surface area contributed by atoms with Gasteiger partial charge in [-0.25, -0.2) is 9.97 Å². The quantitative estimate of drug-likeness (QED) is 0.347. The zero-order valence-corrected chi connectivity index (χ0v) is 17.2. The Morgan fingerprint density at radius 3 is 2.69 bits per heavy atom. The van der Waals surface area contributed by atoms with Crippen LogP contribution in [-0.4, -0.2) is 40.8 Å². The molecule has 0 aliphatic rings. The second kappa shape index (κ2) is 8.18. The Balaban J connectivity index is 1.61. The highest BCUT2D eigenvalue weighted by atomic mass is 35.5. The van der Waals surface area contributed by atoms with Crippen LogP contribution in [0.4, 0.5) is 5.69 Å². The molecule has 2 heterocycles. The molecule has 0 radical (unpaired) electrons. The minimum absolute atomic E-state index is 0.172. The van der Waals surface area contributed by atoms with Crippen LogP contribution in [0.25, 0.3) is 21.9 Å². The Morgan fingerprint density at radius 2 is 1.93 bits per heavy atom. The van der Waals surface area contributed by atoms with E-state index >= 15 is 0 Å². The van der Waals surface area contributed by atoms with E-state index in [2.05, 4.69) is 20.3 Å². The number of methoxy groups -OCH3 is 2. The highest BCUT2D eigenvalue weighted by Gasteiger charge is 2.16. The molecule has 1 amide bonds. The number of carbonyl (C=O) groups is 1. The largest absolute Gasteiger partial charge is 0.493 e. The summed E-state index contributed by atoms with van der Waals surface area (Å²) < 4.78 is 10.8. The van der Waals surface area contributed by atoms with E-state index in [1.165, 1.54) is 18.1 Å². The van der Waals surface area contributed by atoms with Crippen LogP contribution < -0.4 is 14.8 Å². The Hall–Kier alpha value is -2.97. The molecular weight excluding hydrogens is 412 g/mol. The van der Waals surface area contributed by atoms with Gasteiger partial charge in [-0.2, -0.15) is 0 Å². The van der Waals surface area contributed by atoms with Crippen molar-refractivity contribution >= 4 is 56.9 Å².